The number of unbranched alkanes of at least 4 members (excludes halogenated alkanes) is 4. The third-order valence-corrected chi connectivity index (χ3v) is 3.99. The number of benzene rings is 1. The Morgan fingerprint density at radius 1 is 1.20 bits per heavy atom. The molecule has 6 nitrogen and oxygen atoms in total. The van der Waals surface area contributed by atoms with E-state index in [-0.39, 0.29) is 22.8 Å². The summed E-state index contributed by atoms with van der Waals surface area (Å²) in [6.45, 7) is 2.56. The summed E-state index contributed by atoms with van der Waals surface area (Å²) in [5.74, 6) is -0.780. The molecule has 1 N–H and O–H groups in total. The largest absolute Gasteiger partial charge is 0.490 e. The van der Waals surface area contributed by atoms with Crippen LogP contribution < -0.4 is 16.0 Å². The third-order valence-electron chi connectivity index (χ3n) is 3.99. The Labute approximate surface area is 143 Å². The molecule has 1 aromatic rings. The highest BCUT2D eigenvalue weighted by Gasteiger charge is 2.18. The number of hydrogen-bond donors (Lipinski definition) is 1. The first-order valence-corrected chi connectivity index (χ1v) is 8.39. The van der Waals surface area contributed by atoms with Crippen LogP contribution in [0.25, 0.3) is 22.4 Å². The number of halogens is 1. The topological polar surface area (TPSA) is 85.2 Å². The summed E-state index contributed by atoms with van der Waals surface area (Å²) in [7, 11) is 0. The fourth-order valence-corrected chi connectivity index (χ4v) is 2.67. The van der Waals surface area contributed by atoms with Crippen LogP contribution in [0, 0.1) is 5.82 Å². The molecule has 0 aromatic heterocycles. The highest BCUT2D eigenvalue weighted by Crippen LogP contribution is 2.30. The van der Waals surface area contributed by atoms with Crippen molar-refractivity contribution in [1.82, 2.24) is 9.97 Å². The predicted molar refractivity (Wildman–Crippen MR) is 91.7 cm³/mol. The maximum absolute atomic E-state index is 14.6. The Kier molecular flexibility index (Phi) is 5.11. The Hall–Kier alpha value is -2.70. The van der Waals surface area contributed by atoms with E-state index >= 15 is 0 Å². The van der Waals surface area contributed by atoms with E-state index in [9.17, 15) is 14.0 Å². The lowest BCUT2D eigenvalue weighted by Gasteiger charge is -2.10. The van der Waals surface area contributed by atoms with Crippen LogP contribution in [0.4, 0.5) is 4.39 Å². The summed E-state index contributed by atoms with van der Waals surface area (Å²) < 4.78 is 25.5. The van der Waals surface area contributed by atoms with Gasteiger partial charge in [-0.05, 0) is 24.6 Å². The van der Waals surface area contributed by atoms with Crippen LogP contribution >= 0.6 is 0 Å². The average molecular weight is 346 g/mol. The molecule has 2 aliphatic heterocycles. The highest BCUT2D eigenvalue weighted by molar-refractivity contribution is 5.83. The minimum Gasteiger partial charge on any atom is -0.490 e. The van der Waals surface area contributed by atoms with Gasteiger partial charge in [0.1, 0.15) is 5.56 Å². The summed E-state index contributed by atoms with van der Waals surface area (Å²) in [6.07, 6.45) is 5.38. The number of hydrogen-bond acceptors (Lipinski definition) is 5. The smallest absolute Gasteiger partial charge is 0.351 e. The molecule has 2 heterocycles. The van der Waals surface area contributed by atoms with Gasteiger partial charge in [0.2, 0.25) is 11.7 Å². The molecule has 132 valence electrons. The molecular weight excluding hydrogens is 327 g/mol. The van der Waals surface area contributed by atoms with E-state index in [2.05, 4.69) is 16.9 Å². The Bertz CT molecular complexity index is 964. The van der Waals surface area contributed by atoms with Crippen molar-refractivity contribution in [3.8, 4) is 17.2 Å². The Morgan fingerprint density at radius 3 is 2.80 bits per heavy atom. The van der Waals surface area contributed by atoms with E-state index in [1.54, 1.807) is 6.07 Å². The first-order valence-electron chi connectivity index (χ1n) is 8.39. The number of rotatable bonds is 7. The lowest BCUT2D eigenvalue weighted by molar-refractivity contribution is 0.290. The third kappa shape index (κ3) is 3.70. The molecule has 0 saturated carbocycles. The summed E-state index contributed by atoms with van der Waals surface area (Å²) in [5, 5.41) is 0.395. The van der Waals surface area contributed by atoms with Crippen molar-refractivity contribution in [2.75, 3.05) is 6.61 Å². The van der Waals surface area contributed by atoms with Crippen LogP contribution in [0.2, 0.25) is 0 Å². The first kappa shape index (κ1) is 17.1. The number of fused-ring (bicyclic) bond motifs is 2. The molecule has 0 fully saturated rings. The van der Waals surface area contributed by atoms with E-state index in [0.29, 0.717) is 12.0 Å². The normalized spacial score (nSPS) is 11.3. The molecule has 0 saturated heterocycles. The second-order valence-electron chi connectivity index (χ2n) is 5.90. The van der Waals surface area contributed by atoms with Gasteiger partial charge in [0.15, 0.2) is 11.3 Å². The Morgan fingerprint density at radius 2 is 2.00 bits per heavy atom. The minimum absolute atomic E-state index is 0.0817. The van der Waals surface area contributed by atoms with Crippen molar-refractivity contribution < 1.29 is 13.5 Å². The van der Waals surface area contributed by atoms with Crippen LogP contribution in [0.1, 0.15) is 39.0 Å². The van der Waals surface area contributed by atoms with Crippen LogP contribution in [0.15, 0.2) is 32.2 Å². The SMILES string of the molecule is CCCCCCCOc1ccc2cc3c(=O)[nH]c(=O)nc-3oc2c1F. The molecule has 0 bridgehead atoms. The van der Waals surface area contributed by atoms with Crippen molar-refractivity contribution in [2.24, 2.45) is 0 Å². The zero-order valence-corrected chi connectivity index (χ0v) is 13.9. The molecule has 0 spiro atoms. The fourth-order valence-electron chi connectivity index (χ4n) is 2.67. The second kappa shape index (κ2) is 7.46. The molecule has 1 aromatic carbocycles. The number of aromatic nitrogens is 2. The standard InChI is InChI=1S/C18H19FN2O4/c1-2-3-4-5-6-9-24-13-8-7-11-10-12-16(22)20-18(23)21-17(12)25-15(11)14(13)19/h7-8,10H,2-6,9H2,1H3,(H,20,22,23). The van der Waals surface area contributed by atoms with E-state index in [1.165, 1.54) is 18.6 Å². The van der Waals surface area contributed by atoms with Gasteiger partial charge in [-0.2, -0.15) is 9.37 Å². The van der Waals surface area contributed by atoms with Crippen LogP contribution in [-0.2, 0) is 0 Å². The molecule has 0 radical (unpaired) electrons. The summed E-state index contributed by atoms with van der Waals surface area (Å²) >= 11 is 0. The summed E-state index contributed by atoms with van der Waals surface area (Å²) in [6, 6.07) is 4.56. The zero-order valence-electron chi connectivity index (χ0n) is 13.9. The van der Waals surface area contributed by atoms with Crippen LogP contribution in [0.5, 0.6) is 5.75 Å². The minimum atomic E-state index is -0.833. The lowest BCUT2D eigenvalue weighted by Crippen LogP contribution is -2.24. The van der Waals surface area contributed by atoms with Crippen molar-refractivity contribution in [2.45, 2.75) is 39.0 Å². The number of nitrogens with zero attached hydrogens (tertiary/aromatic N) is 1. The predicted octanol–water partition coefficient (Wildman–Crippen LogP) is 3.47. The monoisotopic (exact) mass is 346 g/mol. The van der Waals surface area contributed by atoms with Crippen molar-refractivity contribution >= 4 is 11.0 Å². The molecule has 25 heavy (non-hydrogen) atoms. The summed E-state index contributed by atoms with van der Waals surface area (Å²) in [4.78, 5) is 28.7. The Balaban J connectivity index is 1.86. The molecule has 0 unspecified atom stereocenters. The summed E-state index contributed by atoms with van der Waals surface area (Å²) in [5.41, 5.74) is -1.45. The van der Waals surface area contributed by atoms with Crippen LogP contribution in [0.3, 0.4) is 0 Å². The maximum atomic E-state index is 14.6. The molecule has 0 aliphatic carbocycles. The average Bonchev–Trinajstić information content (AvgIpc) is 2.59. The van der Waals surface area contributed by atoms with Crippen molar-refractivity contribution in [3.63, 3.8) is 0 Å². The number of ether oxygens (including phenoxy) is 1. The van der Waals surface area contributed by atoms with Crippen molar-refractivity contribution in [1.29, 1.82) is 0 Å². The first-order chi connectivity index (χ1) is 12.1. The van der Waals surface area contributed by atoms with Crippen LogP contribution in [-0.4, -0.2) is 16.6 Å². The molecule has 2 aliphatic rings. The van der Waals surface area contributed by atoms with Crippen molar-refractivity contribution in [3.05, 3.63) is 44.9 Å². The quantitative estimate of drug-likeness (QED) is 0.523. The van der Waals surface area contributed by atoms with E-state index in [4.69, 9.17) is 9.15 Å². The molecule has 0 atom stereocenters. The second-order valence-corrected chi connectivity index (χ2v) is 5.90. The number of aromatic amines is 1. The lowest BCUT2D eigenvalue weighted by atomic mass is 10.1. The van der Waals surface area contributed by atoms with Gasteiger partial charge in [0.05, 0.1) is 6.61 Å². The maximum Gasteiger partial charge on any atom is 0.351 e. The van der Waals surface area contributed by atoms with Gasteiger partial charge in [0.25, 0.3) is 5.56 Å². The molecule has 3 rings (SSSR count). The van der Waals surface area contributed by atoms with Gasteiger partial charge in [-0.25, -0.2) is 4.79 Å². The molecule has 0 amide bonds. The van der Waals surface area contributed by atoms with Gasteiger partial charge >= 0.3 is 5.69 Å². The van der Waals surface area contributed by atoms with Gasteiger partial charge in [-0.15, -0.1) is 0 Å². The fraction of sp³-hybridized carbons (Fsp3) is 0.389. The van der Waals surface area contributed by atoms with Gasteiger partial charge in [-0.3, -0.25) is 9.78 Å². The zero-order chi connectivity index (χ0) is 17.8. The van der Waals surface area contributed by atoms with E-state index < -0.39 is 17.1 Å². The number of nitrogens with one attached hydrogen (secondary N) is 1. The van der Waals surface area contributed by atoms with Gasteiger partial charge < -0.3 is 9.15 Å². The number of H-pyrrole nitrogens is 1. The molecular formula is C18H19FN2O4. The highest BCUT2D eigenvalue weighted by atomic mass is 19.1. The van der Waals surface area contributed by atoms with E-state index in [0.717, 1.165) is 25.7 Å². The van der Waals surface area contributed by atoms with E-state index in [1.807, 2.05) is 0 Å². The van der Waals surface area contributed by atoms with Gasteiger partial charge in [-0.1, -0.05) is 32.6 Å². The molecule has 7 heteroatoms. The van der Waals surface area contributed by atoms with Gasteiger partial charge in [0, 0.05) is 5.39 Å².